The number of anilines is 1. The van der Waals surface area contributed by atoms with Gasteiger partial charge in [-0.05, 0) is 43.3 Å². The fourth-order valence-electron chi connectivity index (χ4n) is 2.96. The third-order valence-electron chi connectivity index (χ3n) is 4.51. The van der Waals surface area contributed by atoms with E-state index in [0.29, 0.717) is 11.3 Å². The standard InChI is InChI=1S/C22H19FN2O3/c1-15(26)17-6-4-16(5-7-17)3-2-12-24-22(28)18-13-21(27)25(14-18)20-10-8-19(23)9-11-20/h4-11,18H,12-14H2,1H3,(H,24,28). The minimum atomic E-state index is -0.464. The van der Waals surface area contributed by atoms with Gasteiger partial charge in [0.1, 0.15) is 5.82 Å². The molecule has 2 aromatic rings. The van der Waals surface area contributed by atoms with Crippen LogP contribution in [-0.2, 0) is 9.59 Å². The van der Waals surface area contributed by atoms with Crippen LogP contribution in [0.5, 0.6) is 0 Å². The molecule has 1 fully saturated rings. The van der Waals surface area contributed by atoms with E-state index in [1.807, 2.05) is 0 Å². The van der Waals surface area contributed by atoms with Crippen LogP contribution in [-0.4, -0.2) is 30.7 Å². The Morgan fingerprint density at radius 2 is 1.82 bits per heavy atom. The first-order valence-corrected chi connectivity index (χ1v) is 8.87. The Kier molecular flexibility index (Phi) is 5.85. The van der Waals surface area contributed by atoms with Crippen molar-refractivity contribution < 1.29 is 18.8 Å². The largest absolute Gasteiger partial charge is 0.345 e. The van der Waals surface area contributed by atoms with E-state index in [2.05, 4.69) is 17.2 Å². The summed E-state index contributed by atoms with van der Waals surface area (Å²) in [4.78, 5) is 37.2. The van der Waals surface area contributed by atoms with Crippen LogP contribution in [0.3, 0.4) is 0 Å². The number of hydrogen-bond acceptors (Lipinski definition) is 3. The summed E-state index contributed by atoms with van der Waals surface area (Å²) in [6, 6.07) is 12.5. The lowest BCUT2D eigenvalue weighted by Gasteiger charge is -2.16. The van der Waals surface area contributed by atoms with Crippen molar-refractivity contribution in [2.24, 2.45) is 5.92 Å². The molecule has 1 aliphatic heterocycles. The van der Waals surface area contributed by atoms with Gasteiger partial charge < -0.3 is 10.2 Å². The van der Waals surface area contributed by atoms with Gasteiger partial charge in [0.2, 0.25) is 11.8 Å². The van der Waals surface area contributed by atoms with Crippen molar-refractivity contribution in [1.82, 2.24) is 5.32 Å². The molecule has 0 saturated carbocycles. The van der Waals surface area contributed by atoms with Crippen molar-refractivity contribution >= 4 is 23.3 Å². The number of rotatable bonds is 4. The van der Waals surface area contributed by atoms with Gasteiger partial charge in [0.05, 0.1) is 12.5 Å². The molecule has 1 saturated heterocycles. The van der Waals surface area contributed by atoms with Crippen LogP contribution in [0.4, 0.5) is 10.1 Å². The smallest absolute Gasteiger partial charge is 0.227 e. The maximum Gasteiger partial charge on any atom is 0.227 e. The summed E-state index contributed by atoms with van der Waals surface area (Å²) in [5, 5.41) is 2.72. The van der Waals surface area contributed by atoms with Gasteiger partial charge in [0, 0.05) is 29.8 Å². The number of Topliss-reactive ketones (excluding diaryl/α,β-unsaturated/α-hetero) is 1. The fraction of sp³-hybridized carbons (Fsp3) is 0.227. The SMILES string of the molecule is CC(=O)c1ccc(C#CCNC(=O)C2CC(=O)N(c3ccc(F)cc3)C2)cc1. The summed E-state index contributed by atoms with van der Waals surface area (Å²) < 4.78 is 13.0. The van der Waals surface area contributed by atoms with E-state index in [-0.39, 0.29) is 42.9 Å². The first-order chi connectivity index (χ1) is 13.4. The zero-order chi connectivity index (χ0) is 20.1. The third kappa shape index (κ3) is 4.63. The summed E-state index contributed by atoms with van der Waals surface area (Å²) in [5.74, 6) is 4.53. The average Bonchev–Trinajstić information content (AvgIpc) is 3.08. The summed E-state index contributed by atoms with van der Waals surface area (Å²) in [7, 11) is 0. The molecule has 0 radical (unpaired) electrons. The van der Waals surface area contributed by atoms with E-state index in [0.717, 1.165) is 5.56 Å². The number of ketones is 1. The first-order valence-electron chi connectivity index (χ1n) is 8.87. The zero-order valence-electron chi connectivity index (χ0n) is 15.4. The van der Waals surface area contributed by atoms with Crippen molar-refractivity contribution in [2.75, 3.05) is 18.0 Å². The molecule has 5 nitrogen and oxygen atoms in total. The Morgan fingerprint density at radius 3 is 2.46 bits per heavy atom. The molecule has 142 valence electrons. The molecule has 3 rings (SSSR count). The lowest BCUT2D eigenvalue weighted by atomic mass is 10.1. The summed E-state index contributed by atoms with van der Waals surface area (Å²) in [5.41, 5.74) is 1.95. The van der Waals surface area contributed by atoms with Gasteiger partial charge in [-0.25, -0.2) is 4.39 Å². The van der Waals surface area contributed by atoms with Crippen molar-refractivity contribution in [3.63, 3.8) is 0 Å². The number of carbonyl (C=O) groups excluding carboxylic acids is 3. The molecule has 28 heavy (non-hydrogen) atoms. The van der Waals surface area contributed by atoms with Gasteiger partial charge in [-0.3, -0.25) is 14.4 Å². The van der Waals surface area contributed by atoms with E-state index in [9.17, 15) is 18.8 Å². The normalized spacial score (nSPS) is 15.7. The topological polar surface area (TPSA) is 66.5 Å². The van der Waals surface area contributed by atoms with Crippen LogP contribution in [0, 0.1) is 23.6 Å². The van der Waals surface area contributed by atoms with Crippen LogP contribution in [0.2, 0.25) is 0 Å². The van der Waals surface area contributed by atoms with E-state index >= 15 is 0 Å². The number of hydrogen-bond donors (Lipinski definition) is 1. The van der Waals surface area contributed by atoms with E-state index < -0.39 is 5.92 Å². The molecule has 2 aromatic carbocycles. The molecule has 0 aliphatic carbocycles. The fourth-order valence-corrected chi connectivity index (χ4v) is 2.96. The quantitative estimate of drug-likeness (QED) is 0.657. The second-order valence-corrected chi connectivity index (χ2v) is 6.53. The molecule has 0 aromatic heterocycles. The van der Waals surface area contributed by atoms with E-state index in [1.54, 1.807) is 24.3 Å². The number of carbonyl (C=O) groups is 3. The van der Waals surface area contributed by atoms with E-state index in [4.69, 9.17) is 0 Å². The Bertz CT molecular complexity index is 956. The molecule has 0 spiro atoms. The minimum Gasteiger partial charge on any atom is -0.345 e. The second kappa shape index (κ2) is 8.49. The second-order valence-electron chi connectivity index (χ2n) is 6.53. The predicted molar refractivity (Wildman–Crippen MR) is 103 cm³/mol. The van der Waals surface area contributed by atoms with Gasteiger partial charge in [0.25, 0.3) is 0 Å². The number of nitrogens with one attached hydrogen (secondary N) is 1. The van der Waals surface area contributed by atoms with Crippen LogP contribution in [0.15, 0.2) is 48.5 Å². The lowest BCUT2D eigenvalue weighted by molar-refractivity contribution is -0.126. The van der Waals surface area contributed by atoms with Gasteiger partial charge >= 0.3 is 0 Å². The number of nitrogens with zero attached hydrogens (tertiary/aromatic N) is 1. The maximum absolute atomic E-state index is 13.0. The van der Waals surface area contributed by atoms with Crippen LogP contribution in [0.25, 0.3) is 0 Å². The van der Waals surface area contributed by atoms with Gasteiger partial charge in [-0.15, -0.1) is 0 Å². The molecule has 6 heteroatoms. The molecular formula is C22H19FN2O3. The predicted octanol–water partition coefficient (Wildman–Crippen LogP) is 2.55. The molecule has 1 unspecified atom stereocenters. The Balaban J connectivity index is 1.52. The highest BCUT2D eigenvalue weighted by Crippen LogP contribution is 2.25. The van der Waals surface area contributed by atoms with Gasteiger partial charge in [-0.2, -0.15) is 0 Å². The van der Waals surface area contributed by atoms with Gasteiger partial charge in [-0.1, -0.05) is 24.0 Å². The van der Waals surface area contributed by atoms with Crippen LogP contribution < -0.4 is 10.2 Å². The molecule has 1 heterocycles. The number of benzene rings is 2. The Labute approximate surface area is 162 Å². The minimum absolute atomic E-state index is 0.00688. The monoisotopic (exact) mass is 378 g/mol. The van der Waals surface area contributed by atoms with Crippen molar-refractivity contribution in [3.05, 3.63) is 65.5 Å². The average molecular weight is 378 g/mol. The van der Waals surface area contributed by atoms with Crippen molar-refractivity contribution in [1.29, 1.82) is 0 Å². The van der Waals surface area contributed by atoms with Crippen molar-refractivity contribution in [2.45, 2.75) is 13.3 Å². The Morgan fingerprint density at radius 1 is 1.14 bits per heavy atom. The molecule has 0 bridgehead atoms. The number of amides is 2. The lowest BCUT2D eigenvalue weighted by Crippen LogP contribution is -2.33. The van der Waals surface area contributed by atoms with Gasteiger partial charge in [0.15, 0.2) is 5.78 Å². The molecule has 1 aliphatic rings. The Hall–Kier alpha value is -3.46. The highest BCUT2D eigenvalue weighted by atomic mass is 19.1. The van der Waals surface area contributed by atoms with Crippen LogP contribution >= 0.6 is 0 Å². The third-order valence-corrected chi connectivity index (χ3v) is 4.51. The van der Waals surface area contributed by atoms with Crippen LogP contribution in [0.1, 0.15) is 29.3 Å². The molecule has 1 atom stereocenters. The molecule has 2 amide bonds. The van der Waals surface area contributed by atoms with Crippen molar-refractivity contribution in [3.8, 4) is 11.8 Å². The zero-order valence-corrected chi connectivity index (χ0v) is 15.4. The number of halogens is 1. The van der Waals surface area contributed by atoms with E-state index in [1.165, 1.54) is 36.1 Å². The highest BCUT2D eigenvalue weighted by molar-refractivity contribution is 6.00. The summed E-state index contributed by atoms with van der Waals surface area (Å²) >= 11 is 0. The molecular weight excluding hydrogens is 359 g/mol. The highest BCUT2D eigenvalue weighted by Gasteiger charge is 2.34. The maximum atomic E-state index is 13.0. The molecule has 1 N–H and O–H groups in total. The summed E-state index contributed by atoms with van der Waals surface area (Å²) in [6.45, 7) is 1.92. The first kappa shape index (κ1) is 19.3. The summed E-state index contributed by atoms with van der Waals surface area (Å²) in [6.07, 6.45) is 0.114.